The first-order valence-corrected chi connectivity index (χ1v) is 7.17. The van der Waals surface area contributed by atoms with E-state index in [4.69, 9.17) is 0 Å². The average molecular weight is 340 g/mol. The zero-order valence-electron chi connectivity index (χ0n) is 11.4. The van der Waals surface area contributed by atoms with E-state index in [1.54, 1.807) is 6.07 Å². The van der Waals surface area contributed by atoms with Crippen LogP contribution in [0.3, 0.4) is 0 Å². The molecule has 1 N–H and O–H groups in total. The summed E-state index contributed by atoms with van der Waals surface area (Å²) in [7, 11) is 1.82. The fourth-order valence-corrected chi connectivity index (χ4v) is 2.83. The highest BCUT2D eigenvalue weighted by molar-refractivity contribution is 9.10. The summed E-state index contributed by atoms with van der Waals surface area (Å²) >= 11 is 3.29. The quantitative estimate of drug-likeness (QED) is 0.862. The van der Waals surface area contributed by atoms with Crippen molar-refractivity contribution in [2.24, 2.45) is 0 Å². The Hall–Kier alpha value is -1.26. The van der Waals surface area contributed by atoms with Gasteiger partial charge in [0.15, 0.2) is 0 Å². The monoisotopic (exact) mass is 339 g/mol. The van der Waals surface area contributed by atoms with Crippen LogP contribution in [0.2, 0.25) is 0 Å². The smallest absolute Gasteiger partial charge is 0.124 e. The molecular formula is C16H16BrF2N. The predicted octanol–water partition coefficient (Wildman–Crippen LogP) is 4.54. The Labute approximate surface area is 126 Å². The Kier molecular flexibility index (Phi) is 4.89. The largest absolute Gasteiger partial charge is 0.313 e. The first-order valence-electron chi connectivity index (χ1n) is 6.38. The van der Waals surface area contributed by atoms with Gasteiger partial charge in [-0.15, -0.1) is 0 Å². The van der Waals surface area contributed by atoms with Crippen molar-refractivity contribution >= 4 is 15.9 Å². The third-order valence-electron chi connectivity index (χ3n) is 3.33. The summed E-state index contributed by atoms with van der Waals surface area (Å²) in [6, 6.07) is 9.49. The van der Waals surface area contributed by atoms with Crippen molar-refractivity contribution < 1.29 is 8.78 Å². The predicted molar refractivity (Wildman–Crippen MR) is 80.7 cm³/mol. The zero-order valence-corrected chi connectivity index (χ0v) is 13.0. The number of benzene rings is 2. The molecule has 4 heteroatoms. The number of likely N-dealkylation sites (N-methyl/N-ethyl adjacent to an activating group) is 1. The number of nitrogens with one attached hydrogen (secondary N) is 1. The van der Waals surface area contributed by atoms with Gasteiger partial charge in [-0.2, -0.15) is 0 Å². The molecule has 0 radical (unpaired) electrons. The first kappa shape index (κ1) is 15.1. The molecule has 0 amide bonds. The number of hydrogen-bond acceptors (Lipinski definition) is 1. The number of hydrogen-bond donors (Lipinski definition) is 1. The molecule has 0 heterocycles. The molecule has 0 bridgehead atoms. The van der Waals surface area contributed by atoms with Gasteiger partial charge < -0.3 is 5.32 Å². The minimum atomic E-state index is -0.278. The van der Waals surface area contributed by atoms with E-state index in [0.717, 1.165) is 16.7 Å². The maximum absolute atomic E-state index is 13.4. The third-order valence-corrected chi connectivity index (χ3v) is 3.79. The lowest BCUT2D eigenvalue weighted by molar-refractivity contribution is 0.569. The minimum absolute atomic E-state index is 0.0561. The number of aryl methyl sites for hydroxylation is 1. The summed E-state index contributed by atoms with van der Waals surface area (Å²) < 4.78 is 27.5. The lowest BCUT2D eigenvalue weighted by Crippen LogP contribution is -2.20. The Balaban J connectivity index is 2.31. The van der Waals surface area contributed by atoms with E-state index in [-0.39, 0.29) is 17.7 Å². The molecule has 0 saturated carbocycles. The molecule has 0 fully saturated rings. The topological polar surface area (TPSA) is 12.0 Å². The first-order chi connectivity index (χ1) is 9.49. The molecule has 106 valence electrons. The highest BCUT2D eigenvalue weighted by Gasteiger charge is 2.14. The van der Waals surface area contributed by atoms with Crippen LogP contribution in [0, 0.1) is 18.6 Å². The van der Waals surface area contributed by atoms with Gasteiger partial charge >= 0.3 is 0 Å². The molecule has 0 saturated heterocycles. The number of halogens is 3. The number of rotatable bonds is 4. The molecule has 2 aromatic carbocycles. The van der Waals surface area contributed by atoms with E-state index in [2.05, 4.69) is 21.2 Å². The van der Waals surface area contributed by atoms with E-state index >= 15 is 0 Å². The maximum atomic E-state index is 13.4. The van der Waals surface area contributed by atoms with Gasteiger partial charge in [0.1, 0.15) is 11.6 Å². The Morgan fingerprint density at radius 2 is 1.85 bits per heavy atom. The third kappa shape index (κ3) is 3.64. The van der Waals surface area contributed by atoms with Crippen LogP contribution in [0.1, 0.15) is 22.7 Å². The fraction of sp³-hybridized carbons (Fsp3) is 0.250. The Bertz CT molecular complexity index is 593. The second-order valence-corrected chi connectivity index (χ2v) is 5.74. The summed E-state index contributed by atoms with van der Waals surface area (Å²) in [4.78, 5) is 0. The molecule has 1 unspecified atom stereocenters. The van der Waals surface area contributed by atoms with Crippen LogP contribution in [-0.2, 0) is 6.42 Å². The van der Waals surface area contributed by atoms with E-state index in [0.29, 0.717) is 10.9 Å². The van der Waals surface area contributed by atoms with Crippen molar-refractivity contribution in [2.45, 2.75) is 19.4 Å². The van der Waals surface area contributed by atoms with Crippen LogP contribution >= 0.6 is 15.9 Å². The van der Waals surface area contributed by atoms with Crippen molar-refractivity contribution in [3.05, 3.63) is 69.2 Å². The van der Waals surface area contributed by atoms with Crippen molar-refractivity contribution in [3.8, 4) is 0 Å². The molecular weight excluding hydrogens is 324 g/mol. The second-order valence-electron chi connectivity index (χ2n) is 4.82. The Morgan fingerprint density at radius 1 is 1.10 bits per heavy atom. The van der Waals surface area contributed by atoms with Crippen molar-refractivity contribution in [1.29, 1.82) is 0 Å². The molecule has 1 nitrogen and oxygen atoms in total. The van der Waals surface area contributed by atoms with Gasteiger partial charge in [-0.05, 0) is 67.4 Å². The van der Waals surface area contributed by atoms with Crippen molar-refractivity contribution in [3.63, 3.8) is 0 Å². The molecule has 2 aromatic rings. The van der Waals surface area contributed by atoms with Gasteiger partial charge in [-0.1, -0.05) is 22.0 Å². The van der Waals surface area contributed by atoms with Crippen molar-refractivity contribution in [2.75, 3.05) is 7.05 Å². The molecule has 0 aliphatic rings. The summed E-state index contributed by atoms with van der Waals surface area (Å²) in [5.74, 6) is -0.536. The molecule has 2 rings (SSSR count). The minimum Gasteiger partial charge on any atom is -0.313 e. The van der Waals surface area contributed by atoms with Gasteiger partial charge in [-0.3, -0.25) is 0 Å². The van der Waals surface area contributed by atoms with Gasteiger partial charge in [-0.25, -0.2) is 8.78 Å². The van der Waals surface area contributed by atoms with Crippen LogP contribution in [0.5, 0.6) is 0 Å². The second kappa shape index (κ2) is 6.46. The zero-order chi connectivity index (χ0) is 14.7. The highest BCUT2D eigenvalue weighted by atomic mass is 79.9. The maximum Gasteiger partial charge on any atom is 0.124 e. The van der Waals surface area contributed by atoms with Crippen molar-refractivity contribution in [1.82, 2.24) is 5.32 Å². The van der Waals surface area contributed by atoms with E-state index in [9.17, 15) is 8.78 Å². The fourth-order valence-electron chi connectivity index (χ4n) is 2.32. The van der Waals surface area contributed by atoms with Crippen LogP contribution < -0.4 is 5.32 Å². The lowest BCUT2D eigenvalue weighted by atomic mass is 9.95. The van der Waals surface area contributed by atoms with Gasteiger partial charge in [0.2, 0.25) is 0 Å². The lowest BCUT2D eigenvalue weighted by Gasteiger charge is -2.19. The average Bonchev–Trinajstić information content (AvgIpc) is 2.38. The van der Waals surface area contributed by atoms with E-state index < -0.39 is 0 Å². The summed E-state index contributed by atoms with van der Waals surface area (Å²) in [5.41, 5.74) is 2.77. The van der Waals surface area contributed by atoms with Crippen LogP contribution in [0.4, 0.5) is 8.78 Å². The molecule has 0 aliphatic heterocycles. The van der Waals surface area contributed by atoms with Crippen LogP contribution in [0.15, 0.2) is 40.9 Å². The SMILES string of the molecule is CNC(Cc1cc(F)cc(Br)c1)c1cc(F)ccc1C. The summed E-state index contributed by atoms with van der Waals surface area (Å²) in [6.45, 7) is 1.95. The molecule has 1 atom stereocenters. The molecule has 0 aromatic heterocycles. The van der Waals surface area contributed by atoms with Crippen LogP contribution in [-0.4, -0.2) is 7.05 Å². The molecule has 0 spiro atoms. The van der Waals surface area contributed by atoms with Crippen LogP contribution in [0.25, 0.3) is 0 Å². The molecule has 0 aliphatic carbocycles. The standard InChI is InChI=1S/C16H16BrF2N/c1-10-3-4-13(18)9-15(10)16(20-2)7-11-5-12(17)8-14(19)6-11/h3-6,8-9,16,20H,7H2,1-2H3. The summed E-state index contributed by atoms with van der Waals surface area (Å²) in [5, 5.41) is 3.17. The van der Waals surface area contributed by atoms with E-state index in [1.807, 2.05) is 20.0 Å². The summed E-state index contributed by atoms with van der Waals surface area (Å²) in [6.07, 6.45) is 0.594. The highest BCUT2D eigenvalue weighted by Crippen LogP contribution is 2.24. The normalized spacial score (nSPS) is 12.4. The van der Waals surface area contributed by atoms with Gasteiger partial charge in [0, 0.05) is 10.5 Å². The van der Waals surface area contributed by atoms with Gasteiger partial charge in [0.25, 0.3) is 0 Å². The Morgan fingerprint density at radius 3 is 2.50 bits per heavy atom. The van der Waals surface area contributed by atoms with E-state index in [1.165, 1.54) is 24.3 Å². The van der Waals surface area contributed by atoms with Gasteiger partial charge in [0.05, 0.1) is 0 Å². The molecule has 20 heavy (non-hydrogen) atoms.